The van der Waals surface area contributed by atoms with E-state index in [-0.39, 0.29) is 11.3 Å². The lowest BCUT2D eigenvalue weighted by Gasteiger charge is -2.16. The molecule has 10 heteroatoms. The van der Waals surface area contributed by atoms with E-state index in [2.05, 4.69) is 20.1 Å². The Labute approximate surface area is 140 Å². The lowest BCUT2D eigenvalue weighted by atomic mass is 10.1. The number of hydrogen-bond acceptors (Lipinski definition) is 6. The Morgan fingerprint density at radius 3 is 2.76 bits per heavy atom. The van der Waals surface area contributed by atoms with Crippen molar-refractivity contribution >= 4 is 17.4 Å². The Morgan fingerprint density at radius 1 is 1.28 bits per heavy atom. The van der Waals surface area contributed by atoms with E-state index in [1.807, 2.05) is 13.8 Å². The molecule has 1 aliphatic rings. The van der Waals surface area contributed by atoms with E-state index in [9.17, 15) is 14.4 Å². The summed E-state index contributed by atoms with van der Waals surface area (Å²) in [4.78, 5) is 45.8. The van der Waals surface area contributed by atoms with Crippen LogP contribution in [0.15, 0.2) is 34.2 Å². The van der Waals surface area contributed by atoms with E-state index in [1.165, 1.54) is 15.6 Å². The fourth-order valence-corrected chi connectivity index (χ4v) is 2.78. The van der Waals surface area contributed by atoms with Gasteiger partial charge in [-0.1, -0.05) is 0 Å². The fraction of sp³-hybridized carbons (Fsp3) is 0.267. The molecule has 10 nitrogen and oxygen atoms in total. The molecule has 1 saturated heterocycles. The van der Waals surface area contributed by atoms with Crippen LogP contribution in [0.1, 0.15) is 13.8 Å². The maximum atomic E-state index is 12.2. The summed E-state index contributed by atoms with van der Waals surface area (Å²) in [5.41, 5.74) is -0.442. The second-order valence-electron chi connectivity index (χ2n) is 6.31. The number of imidazole rings is 1. The third-order valence-electron chi connectivity index (χ3n) is 3.85. The van der Waals surface area contributed by atoms with Crippen LogP contribution >= 0.6 is 0 Å². The van der Waals surface area contributed by atoms with E-state index in [4.69, 9.17) is 4.74 Å². The molecule has 1 amide bonds. The minimum absolute atomic E-state index is 0.170. The summed E-state index contributed by atoms with van der Waals surface area (Å²) in [5, 5.41) is 4.32. The van der Waals surface area contributed by atoms with Gasteiger partial charge in [0.2, 0.25) is 0 Å². The van der Waals surface area contributed by atoms with Crippen molar-refractivity contribution in [3.63, 3.8) is 0 Å². The lowest BCUT2D eigenvalue weighted by Crippen LogP contribution is -2.29. The van der Waals surface area contributed by atoms with Crippen molar-refractivity contribution in [2.75, 3.05) is 11.4 Å². The summed E-state index contributed by atoms with van der Waals surface area (Å²) >= 11 is 0. The quantitative estimate of drug-likeness (QED) is 0.699. The molecule has 0 atom stereocenters. The van der Waals surface area contributed by atoms with Gasteiger partial charge >= 0.3 is 11.8 Å². The highest BCUT2D eigenvalue weighted by Gasteiger charge is 2.39. The average molecular weight is 342 g/mol. The van der Waals surface area contributed by atoms with Crippen LogP contribution in [-0.4, -0.2) is 42.8 Å². The number of aromatic amines is 2. The Morgan fingerprint density at radius 2 is 2.08 bits per heavy atom. The summed E-state index contributed by atoms with van der Waals surface area (Å²) in [5.74, 6) is 0. The van der Waals surface area contributed by atoms with Gasteiger partial charge in [-0.2, -0.15) is 5.10 Å². The lowest BCUT2D eigenvalue weighted by molar-refractivity contribution is 0.0871. The number of hydrogen-bond donors (Lipinski definition) is 2. The van der Waals surface area contributed by atoms with Gasteiger partial charge in [0, 0.05) is 18.6 Å². The molecular formula is C15H14N6O4. The van der Waals surface area contributed by atoms with Gasteiger partial charge in [-0.3, -0.25) is 14.7 Å². The molecule has 3 aromatic rings. The zero-order chi connectivity index (χ0) is 17.8. The number of aromatic nitrogens is 5. The first-order chi connectivity index (χ1) is 11.8. The van der Waals surface area contributed by atoms with Gasteiger partial charge in [0.05, 0.1) is 17.8 Å². The van der Waals surface area contributed by atoms with E-state index in [1.54, 1.807) is 18.5 Å². The van der Waals surface area contributed by atoms with Crippen molar-refractivity contribution in [2.24, 2.45) is 0 Å². The van der Waals surface area contributed by atoms with Crippen molar-refractivity contribution in [1.82, 2.24) is 24.6 Å². The van der Waals surface area contributed by atoms with E-state index in [0.29, 0.717) is 17.9 Å². The molecule has 0 spiro atoms. The molecule has 4 rings (SSSR count). The predicted molar refractivity (Wildman–Crippen MR) is 87.6 cm³/mol. The first-order valence-corrected chi connectivity index (χ1v) is 7.51. The summed E-state index contributed by atoms with van der Waals surface area (Å²) in [6.07, 6.45) is 3.93. The number of rotatable bonds is 2. The summed E-state index contributed by atoms with van der Waals surface area (Å²) in [7, 11) is 0. The molecule has 2 N–H and O–H groups in total. The van der Waals surface area contributed by atoms with Crippen LogP contribution in [0.25, 0.3) is 16.9 Å². The van der Waals surface area contributed by atoms with Crippen molar-refractivity contribution in [3.05, 3.63) is 45.5 Å². The van der Waals surface area contributed by atoms with Crippen LogP contribution < -0.4 is 16.1 Å². The SMILES string of the molecule is CC1(C)CN(c2cc(-c3c[nH]c(=O)[nH]c3=O)nn3ccnc23)C(=O)O1. The number of nitrogens with one attached hydrogen (secondary N) is 2. The van der Waals surface area contributed by atoms with Gasteiger partial charge in [0.25, 0.3) is 5.56 Å². The molecule has 0 aliphatic carbocycles. The summed E-state index contributed by atoms with van der Waals surface area (Å²) in [6.45, 7) is 3.95. The molecule has 3 aromatic heterocycles. The zero-order valence-electron chi connectivity index (χ0n) is 13.4. The van der Waals surface area contributed by atoms with Crippen LogP contribution in [-0.2, 0) is 4.74 Å². The number of carbonyl (C=O) groups is 1. The molecule has 0 aromatic carbocycles. The number of anilines is 1. The van der Waals surface area contributed by atoms with Crippen molar-refractivity contribution in [2.45, 2.75) is 19.4 Å². The van der Waals surface area contributed by atoms with Crippen LogP contribution in [0, 0.1) is 0 Å². The van der Waals surface area contributed by atoms with Gasteiger partial charge in [-0.05, 0) is 19.9 Å². The van der Waals surface area contributed by atoms with Crippen LogP contribution in [0.5, 0.6) is 0 Å². The monoisotopic (exact) mass is 342 g/mol. The molecule has 1 fully saturated rings. The largest absolute Gasteiger partial charge is 0.441 e. The molecule has 1 aliphatic heterocycles. The number of H-pyrrole nitrogens is 2. The molecule has 0 unspecified atom stereocenters. The van der Waals surface area contributed by atoms with Crippen molar-refractivity contribution in [1.29, 1.82) is 0 Å². The van der Waals surface area contributed by atoms with Crippen LogP contribution in [0.4, 0.5) is 10.5 Å². The second kappa shape index (κ2) is 5.03. The maximum Gasteiger partial charge on any atom is 0.415 e. The van der Waals surface area contributed by atoms with Gasteiger partial charge in [-0.15, -0.1) is 0 Å². The van der Waals surface area contributed by atoms with Gasteiger partial charge < -0.3 is 9.72 Å². The summed E-state index contributed by atoms with van der Waals surface area (Å²) < 4.78 is 6.81. The molecular weight excluding hydrogens is 328 g/mol. The average Bonchev–Trinajstić information content (AvgIpc) is 3.09. The first kappa shape index (κ1) is 15.1. The third-order valence-corrected chi connectivity index (χ3v) is 3.85. The van der Waals surface area contributed by atoms with E-state index in [0.717, 1.165) is 0 Å². The fourth-order valence-electron chi connectivity index (χ4n) is 2.78. The highest BCUT2D eigenvalue weighted by molar-refractivity contribution is 5.95. The number of ether oxygens (including phenoxy) is 1. The molecule has 4 heterocycles. The highest BCUT2D eigenvalue weighted by atomic mass is 16.6. The number of amides is 1. The Bertz CT molecular complexity index is 1110. The standard InChI is InChI=1S/C15H14N6O4/c1-15(2)7-20(14(24)25-15)10-5-9(19-21-4-3-16-11(10)21)8-6-17-13(23)18-12(8)22/h3-6H,7H2,1-2H3,(H2,17,18,22,23). The molecule has 0 saturated carbocycles. The Hall–Kier alpha value is -3.43. The number of carbonyl (C=O) groups excluding carboxylic acids is 1. The minimum Gasteiger partial charge on any atom is -0.441 e. The van der Waals surface area contributed by atoms with Gasteiger partial charge in [0.15, 0.2) is 5.65 Å². The van der Waals surface area contributed by atoms with Crippen molar-refractivity contribution in [3.8, 4) is 11.3 Å². The smallest absolute Gasteiger partial charge is 0.415 e. The highest BCUT2D eigenvalue weighted by Crippen LogP contribution is 2.31. The Kier molecular flexibility index (Phi) is 3.04. The van der Waals surface area contributed by atoms with E-state index >= 15 is 0 Å². The number of nitrogens with zero attached hydrogens (tertiary/aromatic N) is 4. The van der Waals surface area contributed by atoms with Crippen LogP contribution in [0.2, 0.25) is 0 Å². The zero-order valence-corrected chi connectivity index (χ0v) is 13.4. The molecule has 25 heavy (non-hydrogen) atoms. The van der Waals surface area contributed by atoms with E-state index < -0.39 is 22.9 Å². The second-order valence-corrected chi connectivity index (χ2v) is 6.31. The molecule has 0 bridgehead atoms. The maximum absolute atomic E-state index is 12.2. The Balaban J connectivity index is 1.93. The van der Waals surface area contributed by atoms with Gasteiger partial charge in [0.1, 0.15) is 11.3 Å². The number of fused-ring (bicyclic) bond motifs is 1. The normalized spacial score (nSPS) is 16.4. The topological polar surface area (TPSA) is 125 Å². The minimum atomic E-state index is -0.639. The number of cyclic esters (lactones) is 1. The summed E-state index contributed by atoms with van der Waals surface area (Å²) in [6, 6.07) is 1.58. The van der Waals surface area contributed by atoms with Crippen LogP contribution in [0.3, 0.4) is 0 Å². The predicted octanol–water partition coefficient (Wildman–Crippen LogP) is 0.508. The van der Waals surface area contributed by atoms with Gasteiger partial charge in [-0.25, -0.2) is 19.1 Å². The first-order valence-electron chi connectivity index (χ1n) is 7.51. The molecule has 0 radical (unpaired) electrons. The molecule has 128 valence electrons. The van der Waals surface area contributed by atoms with Crippen molar-refractivity contribution < 1.29 is 9.53 Å². The third kappa shape index (κ3) is 2.47.